The number of hydrogen-bond donors (Lipinski definition) is 3. The van der Waals surface area contributed by atoms with Crippen LogP contribution in [0.15, 0.2) is 47.4 Å². The van der Waals surface area contributed by atoms with E-state index in [1.807, 2.05) is 0 Å². The van der Waals surface area contributed by atoms with Crippen LogP contribution < -0.4 is 20.1 Å². The Kier molecular flexibility index (Phi) is 11.1. The highest BCUT2D eigenvalue weighted by atomic mass is 35.5. The second-order valence-electron chi connectivity index (χ2n) is 6.85. The third kappa shape index (κ3) is 8.77. The molecule has 0 aliphatic carbocycles. The molecule has 0 spiro atoms. The van der Waals surface area contributed by atoms with Crippen molar-refractivity contribution < 1.29 is 22.7 Å². The Morgan fingerprint density at radius 2 is 1.91 bits per heavy atom. The largest absolute Gasteiger partial charge is 0.490 e. The molecule has 0 aromatic heterocycles. The maximum absolute atomic E-state index is 12.8. The molecule has 184 valence electrons. The summed E-state index contributed by atoms with van der Waals surface area (Å²) < 4.78 is 38.4. The SMILES string of the molecule is CNC(=S)NS(=O)(=O)c1cc(CCNC(=O)/C=C/c2ccc(Cl)cc2Cl)ccc1OCCOC. The van der Waals surface area contributed by atoms with Gasteiger partial charge in [0, 0.05) is 36.8 Å². The van der Waals surface area contributed by atoms with Crippen LogP contribution in [-0.4, -0.2) is 53.4 Å². The summed E-state index contributed by atoms with van der Waals surface area (Å²) in [7, 11) is -0.962. The van der Waals surface area contributed by atoms with E-state index in [-0.39, 0.29) is 34.8 Å². The fourth-order valence-electron chi connectivity index (χ4n) is 2.69. The maximum Gasteiger partial charge on any atom is 0.267 e. The monoisotopic (exact) mass is 545 g/mol. The van der Waals surface area contributed by atoms with Crippen molar-refractivity contribution in [2.24, 2.45) is 0 Å². The molecule has 2 aromatic carbocycles. The van der Waals surface area contributed by atoms with Gasteiger partial charge in [0.05, 0.1) is 6.61 Å². The summed E-state index contributed by atoms with van der Waals surface area (Å²) in [5.41, 5.74) is 1.34. The Hall–Kier alpha value is -2.37. The molecule has 0 heterocycles. The van der Waals surface area contributed by atoms with Gasteiger partial charge < -0.3 is 20.1 Å². The summed E-state index contributed by atoms with van der Waals surface area (Å²) in [6.45, 7) is 0.752. The predicted octanol–water partition coefficient (Wildman–Crippen LogP) is 3.17. The van der Waals surface area contributed by atoms with E-state index in [1.165, 1.54) is 26.3 Å². The minimum atomic E-state index is -3.99. The highest BCUT2D eigenvalue weighted by Gasteiger charge is 2.21. The van der Waals surface area contributed by atoms with Gasteiger partial charge in [-0.15, -0.1) is 0 Å². The third-order valence-electron chi connectivity index (χ3n) is 4.39. The first-order valence-electron chi connectivity index (χ1n) is 10.1. The van der Waals surface area contributed by atoms with Crippen LogP contribution in [0.25, 0.3) is 6.08 Å². The number of halogens is 2. The molecule has 0 aliphatic rings. The summed E-state index contributed by atoms with van der Waals surface area (Å²) in [5, 5.41) is 6.21. The summed E-state index contributed by atoms with van der Waals surface area (Å²) in [4.78, 5) is 12.1. The van der Waals surface area contributed by atoms with E-state index in [0.717, 1.165) is 0 Å². The Balaban J connectivity index is 2.07. The van der Waals surface area contributed by atoms with Crippen molar-refractivity contribution in [3.8, 4) is 5.75 Å². The minimum absolute atomic E-state index is 0.0481. The van der Waals surface area contributed by atoms with Crippen LogP contribution in [0.5, 0.6) is 5.75 Å². The average Bonchev–Trinajstić information content (AvgIpc) is 2.79. The van der Waals surface area contributed by atoms with Gasteiger partial charge in [0.15, 0.2) is 5.11 Å². The Morgan fingerprint density at radius 1 is 1.15 bits per heavy atom. The molecule has 0 aliphatic heterocycles. The molecule has 0 bridgehead atoms. The Labute approximate surface area is 214 Å². The zero-order valence-corrected chi connectivity index (χ0v) is 21.7. The van der Waals surface area contributed by atoms with Crippen LogP contribution in [0.3, 0.4) is 0 Å². The normalized spacial score (nSPS) is 11.3. The fourth-order valence-corrected chi connectivity index (χ4v) is 4.65. The van der Waals surface area contributed by atoms with Gasteiger partial charge in [-0.1, -0.05) is 35.3 Å². The number of nitrogens with one attached hydrogen (secondary N) is 3. The summed E-state index contributed by atoms with van der Waals surface area (Å²) in [6.07, 6.45) is 3.33. The summed E-state index contributed by atoms with van der Waals surface area (Å²) in [5.74, 6) is -0.154. The smallest absolute Gasteiger partial charge is 0.267 e. The molecule has 0 unspecified atom stereocenters. The molecule has 0 atom stereocenters. The van der Waals surface area contributed by atoms with E-state index in [4.69, 9.17) is 44.9 Å². The lowest BCUT2D eigenvalue weighted by atomic mass is 10.1. The number of ether oxygens (including phenoxy) is 2. The van der Waals surface area contributed by atoms with E-state index < -0.39 is 10.0 Å². The molecule has 0 saturated carbocycles. The van der Waals surface area contributed by atoms with Crippen molar-refractivity contribution in [1.82, 2.24) is 15.4 Å². The van der Waals surface area contributed by atoms with E-state index in [0.29, 0.717) is 34.2 Å². The molecule has 3 N–H and O–H groups in total. The van der Waals surface area contributed by atoms with Gasteiger partial charge in [-0.25, -0.2) is 8.42 Å². The number of hydrogen-bond acceptors (Lipinski definition) is 6. The van der Waals surface area contributed by atoms with Crippen molar-refractivity contribution in [1.29, 1.82) is 0 Å². The molecule has 1 amide bonds. The lowest BCUT2D eigenvalue weighted by Crippen LogP contribution is -2.37. The van der Waals surface area contributed by atoms with Crippen LogP contribution >= 0.6 is 35.4 Å². The maximum atomic E-state index is 12.8. The van der Waals surface area contributed by atoms with Crippen LogP contribution in [-0.2, 0) is 26.0 Å². The zero-order chi connectivity index (χ0) is 25.1. The van der Waals surface area contributed by atoms with Gasteiger partial charge in [0.1, 0.15) is 17.3 Å². The second-order valence-corrected chi connectivity index (χ2v) is 9.75. The van der Waals surface area contributed by atoms with E-state index in [1.54, 1.807) is 36.4 Å². The number of thiocarbonyl (C=S) groups is 1. The summed E-state index contributed by atoms with van der Waals surface area (Å²) in [6, 6.07) is 9.75. The topological polar surface area (TPSA) is 106 Å². The molecule has 8 nitrogen and oxygen atoms in total. The van der Waals surface area contributed by atoms with Gasteiger partial charge in [-0.2, -0.15) is 0 Å². The molecular formula is C22H25Cl2N3O5S2. The molecule has 34 heavy (non-hydrogen) atoms. The van der Waals surface area contributed by atoms with Gasteiger partial charge in [0.2, 0.25) is 5.91 Å². The average molecular weight is 546 g/mol. The quantitative estimate of drug-likeness (QED) is 0.226. The Bertz CT molecular complexity index is 1160. The molecule has 0 saturated heterocycles. The second kappa shape index (κ2) is 13.5. The van der Waals surface area contributed by atoms with Gasteiger partial charge in [-0.05, 0) is 60.1 Å². The van der Waals surface area contributed by atoms with Crippen molar-refractivity contribution in [2.75, 3.05) is 33.9 Å². The first-order chi connectivity index (χ1) is 16.2. The van der Waals surface area contributed by atoms with E-state index >= 15 is 0 Å². The van der Waals surface area contributed by atoms with Crippen LogP contribution in [0, 0.1) is 0 Å². The lowest BCUT2D eigenvalue weighted by Gasteiger charge is -2.15. The molecule has 0 radical (unpaired) electrons. The minimum Gasteiger partial charge on any atom is -0.490 e. The third-order valence-corrected chi connectivity index (χ3v) is 6.76. The number of carbonyl (C=O) groups excluding carboxylic acids is 1. The Morgan fingerprint density at radius 3 is 2.59 bits per heavy atom. The number of sulfonamides is 1. The number of carbonyl (C=O) groups is 1. The first-order valence-corrected chi connectivity index (χ1v) is 12.7. The van der Waals surface area contributed by atoms with Crippen molar-refractivity contribution in [3.05, 3.63) is 63.6 Å². The van der Waals surface area contributed by atoms with Crippen LogP contribution in [0.1, 0.15) is 11.1 Å². The van der Waals surface area contributed by atoms with E-state index in [2.05, 4.69) is 15.4 Å². The molecular weight excluding hydrogens is 521 g/mol. The van der Waals surface area contributed by atoms with Crippen molar-refractivity contribution in [3.63, 3.8) is 0 Å². The molecule has 2 rings (SSSR count). The zero-order valence-electron chi connectivity index (χ0n) is 18.6. The highest BCUT2D eigenvalue weighted by Crippen LogP contribution is 2.26. The highest BCUT2D eigenvalue weighted by molar-refractivity contribution is 7.92. The number of methoxy groups -OCH3 is 1. The van der Waals surface area contributed by atoms with Crippen LogP contribution in [0.4, 0.5) is 0 Å². The molecule has 0 fully saturated rings. The first kappa shape index (κ1) is 27.9. The van der Waals surface area contributed by atoms with Crippen molar-refractivity contribution >= 4 is 62.5 Å². The van der Waals surface area contributed by atoms with Crippen LogP contribution in [0.2, 0.25) is 10.0 Å². The molecule has 12 heteroatoms. The van der Waals surface area contributed by atoms with Gasteiger partial charge >= 0.3 is 0 Å². The number of rotatable bonds is 11. The van der Waals surface area contributed by atoms with Gasteiger partial charge in [0.25, 0.3) is 10.0 Å². The standard InChI is InChI=1S/C22H25Cl2N3O5S2/c1-25-22(33)27-34(29,30)20-13-15(3-7-19(20)32-12-11-31-2)9-10-26-21(28)8-5-16-4-6-17(23)14-18(16)24/h3-8,13-14H,9-12H2,1-2H3,(H,26,28)(H2,25,27,33)/b8-5+. The number of benzene rings is 2. The predicted molar refractivity (Wildman–Crippen MR) is 138 cm³/mol. The lowest BCUT2D eigenvalue weighted by molar-refractivity contribution is -0.116. The van der Waals surface area contributed by atoms with Crippen molar-refractivity contribution in [2.45, 2.75) is 11.3 Å². The molecule has 2 aromatic rings. The fraction of sp³-hybridized carbons (Fsp3) is 0.273. The van der Waals surface area contributed by atoms with E-state index in [9.17, 15) is 13.2 Å². The van der Waals surface area contributed by atoms with Gasteiger partial charge in [-0.3, -0.25) is 9.52 Å². The number of amides is 1. The summed E-state index contributed by atoms with van der Waals surface area (Å²) >= 11 is 16.9.